The van der Waals surface area contributed by atoms with Crippen molar-refractivity contribution in [3.05, 3.63) is 65.2 Å². The summed E-state index contributed by atoms with van der Waals surface area (Å²) in [6.45, 7) is 2.19. The number of ether oxygens (including phenoxy) is 1. The number of hydrogen-bond donors (Lipinski definition) is 2. The van der Waals surface area contributed by atoms with Crippen LogP contribution >= 0.6 is 11.3 Å². The highest BCUT2D eigenvalue weighted by molar-refractivity contribution is 7.91. The molecule has 0 radical (unpaired) electrons. The molecule has 1 aromatic heterocycles. The molecule has 3 rings (SSSR count). The van der Waals surface area contributed by atoms with E-state index in [0.717, 1.165) is 34.6 Å². The largest absolute Gasteiger partial charge is 0.497 e. The van der Waals surface area contributed by atoms with Crippen LogP contribution in [0.1, 0.15) is 27.9 Å². The number of sulfonamides is 1. The lowest BCUT2D eigenvalue weighted by Gasteiger charge is -2.05. The summed E-state index contributed by atoms with van der Waals surface area (Å²) in [7, 11) is -2.18. The van der Waals surface area contributed by atoms with Crippen molar-refractivity contribution in [2.24, 2.45) is 0 Å². The van der Waals surface area contributed by atoms with Crippen LogP contribution < -0.4 is 14.8 Å². The molecule has 30 heavy (non-hydrogen) atoms. The highest BCUT2D eigenvalue weighted by atomic mass is 32.2. The first kappa shape index (κ1) is 21.9. The minimum Gasteiger partial charge on any atom is -0.497 e. The van der Waals surface area contributed by atoms with Gasteiger partial charge in [0.25, 0.3) is 15.9 Å². The number of benzene rings is 2. The fourth-order valence-electron chi connectivity index (χ4n) is 2.60. The number of rotatable bonds is 9. The van der Waals surface area contributed by atoms with Gasteiger partial charge >= 0.3 is 0 Å². The van der Waals surface area contributed by atoms with E-state index in [0.29, 0.717) is 12.0 Å². The first-order valence-electron chi connectivity index (χ1n) is 9.21. The Kier molecular flexibility index (Phi) is 7.14. The molecule has 0 aliphatic rings. The Balaban J connectivity index is 1.51. The first-order valence-corrected chi connectivity index (χ1v) is 11.5. The number of hydrogen-bond acceptors (Lipinski definition) is 7. The van der Waals surface area contributed by atoms with Crippen molar-refractivity contribution in [3.63, 3.8) is 0 Å². The average molecular weight is 447 g/mol. The lowest BCUT2D eigenvalue weighted by atomic mass is 10.1. The maximum Gasteiger partial charge on any atom is 0.269 e. The Morgan fingerprint density at radius 1 is 1.07 bits per heavy atom. The molecule has 1 heterocycles. The van der Waals surface area contributed by atoms with Crippen molar-refractivity contribution < 1.29 is 17.9 Å². The molecule has 0 unspecified atom stereocenters. The van der Waals surface area contributed by atoms with Gasteiger partial charge in [0.2, 0.25) is 9.47 Å². The molecule has 8 nitrogen and oxygen atoms in total. The SMILES string of the molecule is COc1ccc(CCCNS(=O)(=O)c2nnc(NC(=O)c3ccc(C)cc3)s2)cc1. The topological polar surface area (TPSA) is 110 Å². The summed E-state index contributed by atoms with van der Waals surface area (Å²) in [6, 6.07) is 14.6. The van der Waals surface area contributed by atoms with Crippen LogP contribution in [0.5, 0.6) is 5.75 Å². The normalized spacial score (nSPS) is 11.3. The molecule has 10 heteroatoms. The Bertz CT molecular complexity index is 1090. The van der Waals surface area contributed by atoms with E-state index >= 15 is 0 Å². The van der Waals surface area contributed by atoms with Gasteiger partial charge in [-0.2, -0.15) is 0 Å². The van der Waals surface area contributed by atoms with E-state index in [1.165, 1.54) is 0 Å². The maximum absolute atomic E-state index is 12.4. The van der Waals surface area contributed by atoms with E-state index in [1.54, 1.807) is 19.2 Å². The van der Waals surface area contributed by atoms with Crippen molar-refractivity contribution in [1.82, 2.24) is 14.9 Å². The third kappa shape index (κ3) is 5.85. The number of carbonyl (C=O) groups excluding carboxylic acids is 1. The van der Waals surface area contributed by atoms with E-state index in [9.17, 15) is 13.2 Å². The quantitative estimate of drug-likeness (QED) is 0.386. The number of aromatic nitrogens is 2. The number of amides is 1. The molecule has 158 valence electrons. The smallest absolute Gasteiger partial charge is 0.269 e. The minimum atomic E-state index is -3.79. The van der Waals surface area contributed by atoms with E-state index in [4.69, 9.17) is 4.74 Å². The molecule has 2 N–H and O–H groups in total. The molecule has 0 bridgehead atoms. The number of aryl methyl sites for hydroxylation is 2. The average Bonchev–Trinajstić information content (AvgIpc) is 3.21. The van der Waals surface area contributed by atoms with Gasteiger partial charge in [0.15, 0.2) is 0 Å². The predicted octanol–water partition coefficient (Wildman–Crippen LogP) is 3.02. The van der Waals surface area contributed by atoms with Gasteiger partial charge in [0.1, 0.15) is 5.75 Å². The van der Waals surface area contributed by atoms with Gasteiger partial charge in [0.05, 0.1) is 7.11 Å². The second-order valence-electron chi connectivity index (χ2n) is 6.54. The van der Waals surface area contributed by atoms with E-state index < -0.39 is 10.0 Å². The molecule has 0 saturated heterocycles. The van der Waals surface area contributed by atoms with Gasteiger partial charge in [-0.1, -0.05) is 41.2 Å². The van der Waals surface area contributed by atoms with E-state index in [1.807, 2.05) is 43.3 Å². The molecule has 2 aromatic carbocycles. The fourth-order valence-corrected chi connectivity index (χ4v) is 4.61. The molecular weight excluding hydrogens is 424 g/mol. The molecule has 0 aliphatic carbocycles. The number of methoxy groups -OCH3 is 1. The van der Waals surface area contributed by atoms with Crippen LogP contribution in [0.25, 0.3) is 0 Å². The fraction of sp³-hybridized carbons (Fsp3) is 0.250. The molecule has 0 fully saturated rings. The van der Waals surface area contributed by atoms with Gasteiger partial charge in [-0.15, -0.1) is 10.2 Å². The summed E-state index contributed by atoms with van der Waals surface area (Å²) in [5.41, 5.74) is 2.58. The van der Waals surface area contributed by atoms with Crippen LogP contribution in [0, 0.1) is 6.92 Å². The summed E-state index contributed by atoms with van der Waals surface area (Å²) in [6.07, 6.45) is 1.35. The van der Waals surface area contributed by atoms with Crippen molar-refractivity contribution in [2.75, 3.05) is 19.0 Å². The summed E-state index contributed by atoms with van der Waals surface area (Å²) in [5.74, 6) is 0.406. The summed E-state index contributed by atoms with van der Waals surface area (Å²) in [4.78, 5) is 12.2. The first-order chi connectivity index (χ1) is 14.4. The predicted molar refractivity (Wildman–Crippen MR) is 116 cm³/mol. The van der Waals surface area contributed by atoms with Gasteiger partial charge in [-0.25, -0.2) is 13.1 Å². The number of nitrogens with zero attached hydrogens (tertiary/aromatic N) is 2. The Morgan fingerprint density at radius 2 is 1.77 bits per heavy atom. The Hall–Kier alpha value is -2.82. The molecular formula is C20H22N4O4S2. The third-order valence-corrected chi connectivity index (χ3v) is 6.93. The highest BCUT2D eigenvalue weighted by Gasteiger charge is 2.20. The summed E-state index contributed by atoms with van der Waals surface area (Å²) in [5, 5.41) is 10.2. The van der Waals surface area contributed by atoms with Crippen molar-refractivity contribution in [2.45, 2.75) is 24.1 Å². The van der Waals surface area contributed by atoms with Gasteiger partial charge < -0.3 is 4.74 Å². The molecule has 3 aromatic rings. The lowest BCUT2D eigenvalue weighted by Crippen LogP contribution is -2.25. The summed E-state index contributed by atoms with van der Waals surface area (Å²) >= 11 is 0.806. The molecule has 1 amide bonds. The van der Waals surface area contributed by atoms with E-state index in [-0.39, 0.29) is 21.9 Å². The minimum absolute atomic E-state index is 0.124. The van der Waals surface area contributed by atoms with Gasteiger partial charge in [-0.3, -0.25) is 10.1 Å². The Morgan fingerprint density at radius 3 is 2.43 bits per heavy atom. The molecule has 0 aliphatic heterocycles. The molecule has 0 spiro atoms. The molecule has 0 saturated carbocycles. The van der Waals surface area contributed by atoms with Crippen LogP contribution in [-0.4, -0.2) is 38.2 Å². The van der Waals surface area contributed by atoms with Crippen molar-refractivity contribution >= 4 is 32.4 Å². The molecule has 0 atom stereocenters. The van der Waals surface area contributed by atoms with Gasteiger partial charge in [-0.05, 0) is 49.6 Å². The van der Waals surface area contributed by atoms with Crippen LogP contribution in [0.4, 0.5) is 5.13 Å². The number of carbonyl (C=O) groups is 1. The zero-order valence-electron chi connectivity index (χ0n) is 16.6. The van der Waals surface area contributed by atoms with Crippen LogP contribution in [0.15, 0.2) is 52.9 Å². The van der Waals surface area contributed by atoms with Crippen LogP contribution in [0.3, 0.4) is 0 Å². The third-order valence-electron chi connectivity index (χ3n) is 4.26. The van der Waals surface area contributed by atoms with Crippen LogP contribution in [0.2, 0.25) is 0 Å². The summed E-state index contributed by atoms with van der Waals surface area (Å²) < 4.78 is 32.2. The van der Waals surface area contributed by atoms with Gasteiger partial charge in [0, 0.05) is 12.1 Å². The van der Waals surface area contributed by atoms with Crippen molar-refractivity contribution in [3.8, 4) is 5.75 Å². The Labute approximate surface area is 179 Å². The zero-order valence-corrected chi connectivity index (χ0v) is 18.2. The van der Waals surface area contributed by atoms with Crippen molar-refractivity contribution in [1.29, 1.82) is 0 Å². The maximum atomic E-state index is 12.4. The number of anilines is 1. The zero-order chi connectivity index (χ0) is 21.6. The van der Waals surface area contributed by atoms with Crippen LogP contribution in [-0.2, 0) is 16.4 Å². The second-order valence-corrected chi connectivity index (χ2v) is 9.46. The number of nitrogens with one attached hydrogen (secondary N) is 2. The second kappa shape index (κ2) is 9.79. The van der Waals surface area contributed by atoms with E-state index in [2.05, 4.69) is 20.2 Å². The highest BCUT2D eigenvalue weighted by Crippen LogP contribution is 2.20. The standard InChI is InChI=1S/C20H22N4O4S2/c1-14-5-9-16(10-6-14)18(25)22-19-23-24-20(29-19)30(26,27)21-13-3-4-15-7-11-17(28-2)12-8-15/h5-12,21H,3-4,13H2,1-2H3,(H,22,23,25). The lowest BCUT2D eigenvalue weighted by molar-refractivity contribution is 0.102. The monoisotopic (exact) mass is 446 g/mol.